The molecule has 1 aromatic rings. The zero-order chi connectivity index (χ0) is 15.5. The highest BCUT2D eigenvalue weighted by atomic mass is 16.5. The zero-order valence-corrected chi connectivity index (χ0v) is 14.3. The molecule has 1 aliphatic heterocycles. The first-order valence-corrected chi connectivity index (χ1v) is 8.05. The molecule has 0 bridgehead atoms. The third-order valence-corrected chi connectivity index (χ3v) is 4.07. The molecule has 0 aliphatic carbocycles. The Kier molecular flexibility index (Phi) is 5.15. The zero-order valence-electron chi connectivity index (χ0n) is 14.3. The van der Waals surface area contributed by atoms with E-state index in [0.29, 0.717) is 5.41 Å². The first-order chi connectivity index (χ1) is 9.87. The van der Waals surface area contributed by atoms with E-state index in [-0.39, 0.29) is 0 Å². The molecule has 0 unspecified atom stereocenters. The average Bonchev–Trinajstić information content (AvgIpc) is 2.41. The monoisotopic (exact) mass is 290 g/mol. The Balaban J connectivity index is 2.06. The van der Waals surface area contributed by atoms with Crippen LogP contribution in [0.2, 0.25) is 0 Å². The third kappa shape index (κ3) is 4.63. The van der Waals surface area contributed by atoms with Gasteiger partial charge in [-0.05, 0) is 48.9 Å². The van der Waals surface area contributed by atoms with Gasteiger partial charge in [0.15, 0.2) is 0 Å². The first-order valence-electron chi connectivity index (χ1n) is 8.05. The third-order valence-electron chi connectivity index (χ3n) is 4.07. The van der Waals surface area contributed by atoms with E-state index in [1.165, 1.54) is 28.9 Å². The minimum atomic E-state index is 0.378. The summed E-state index contributed by atoms with van der Waals surface area (Å²) in [6.45, 7) is 16.0. The number of rotatable bonds is 4. The predicted molar refractivity (Wildman–Crippen MR) is 91.5 cm³/mol. The summed E-state index contributed by atoms with van der Waals surface area (Å²) in [5.41, 5.74) is 5.68. The summed E-state index contributed by atoms with van der Waals surface area (Å²) < 4.78 is 5.44. The van der Waals surface area contributed by atoms with E-state index in [0.717, 1.165) is 32.8 Å². The van der Waals surface area contributed by atoms with E-state index < -0.39 is 0 Å². The van der Waals surface area contributed by atoms with Crippen molar-refractivity contribution in [3.63, 3.8) is 0 Å². The van der Waals surface area contributed by atoms with Crippen LogP contribution in [-0.2, 0) is 4.74 Å². The smallest absolute Gasteiger partial charge is 0.0642 e. The van der Waals surface area contributed by atoms with Crippen molar-refractivity contribution < 1.29 is 4.74 Å². The van der Waals surface area contributed by atoms with Crippen LogP contribution in [0.5, 0.6) is 0 Å². The standard InChI is InChI=1S/C18H30N2O/c1-14-12-16(20-8-10-21-11-9-20)13-15(2)17(14)19-7-6-18(3,4)5/h12-13,19H,6-11H2,1-5H3. The Labute approximate surface area is 129 Å². The van der Waals surface area contributed by atoms with Crippen molar-refractivity contribution >= 4 is 11.4 Å². The summed E-state index contributed by atoms with van der Waals surface area (Å²) in [7, 11) is 0. The maximum atomic E-state index is 5.44. The van der Waals surface area contributed by atoms with Gasteiger partial charge in [-0.1, -0.05) is 20.8 Å². The van der Waals surface area contributed by atoms with Crippen LogP contribution in [0.3, 0.4) is 0 Å². The minimum absolute atomic E-state index is 0.378. The molecule has 0 saturated carbocycles. The van der Waals surface area contributed by atoms with Crippen LogP contribution in [-0.4, -0.2) is 32.8 Å². The number of hydrogen-bond donors (Lipinski definition) is 1. The molecule has 118 valence electrons. The molecule has 1 heterocycles. The lowest BCUT2D eigenvalue weighted by molar-refractivity contribution is 0.122. The second kappa shape index (κ2) is 6.69. The molecule has 2 rings (SSSR count). The first kappa shape index (κ1) is 16.2. The molecule has 0 spiro atoms. The molecule has 21 heavy (non-hydrogen) atoms. The fourth-order valence-electron chi connectivity index (χ4n) is 2.79. The highest BCUT2D eigenvalue weighted by Gasteiger charge is 2.14. The summed E-state index contributed by atoms with van der Waals surface area (Å²) in [5, 5.41) is 3.62. The second-order valence-electron chi connectivity index (χ2n) is 7.29. The summed E-state index contributed by atoms with van der Waals surface area (Å²) in [6, 6.07) is 4.61. The van der Waals surface area contributed by atoms with Gasteiger partial charge in [-0.3, -0.25) is 0 Å². The number of nitrogens with zero attached hydrogens (tertiary/aromatic N) is 1. The van der Waals surface area contributed by atoms with Crippen LogP contribution in [0.4, 0.5) is 11.4 Å². The quantitative estimate of drug-likeness (QED) is 0.907. The topological polar surface area (TPSA) is 24.5 Å². The minimum Gasteiger partial charge on any atom is -0.385 e. The number of hydrogen-bond acceptors (Lipinski definition) is 3. The van der Waals surface area contributed by atoms with Crippen molar-refractivity contribution in [2.45, 2.75) is 41.0 Å². The van der Waals surface area contributed by atoms with Crippen LogP contribution < -0.4 is 10.2 Å². The largest absolute Gasteiger partial charge is 0.385 e. The van der Waals surface area contributed by atoms with Gasteiger partial charge in [0.25, 0.3) is 0 Å². The van der Waals surface area contributed by atoms with E-state index in [1.54, 1.807) is 0 Å². The van der Waals surface area contributed by atoms with Crippen LogP contribution in [0.1, 0.15) is 38.3 Å². The fraction of sp³-hybridized carbons (Fsp3) is 0.667. The van der Waals surface area contributed by atoms with Gasteiger partial charge < -0.3 is 15.0 Å². The molecule has 1 aliphatic rings. The van der Waals surface area contributed by atoms with Crippen molar-refractivity contribution in [2.24, 2.45) is 5.41 Å². The Morgan fingerprint density at radius 3 is 2.19 bits per heavy atom. The molecular formula is C18H30N2O. The van der Waals surface area contributed by atoms with Crippen molar-refractivity contribution in [3.8, 4) is 0 Å². The number of nitrogens with one attached hydrogen (secondary N) is 1. The lowest BCUT2D eigenvalue weighted by atomic mass is 9.92. The molecule has 0 radical (unpaired) electrons. The maximum absolute atomic E-state index is 5.44. The molecule has 0 amide bonds. The molecular weight excluding hydrogens is 260 g/mol. The summed E-state index contributed by atoms with van der Waals surface area (Å²) in [4.78, 5) is 2.42. The van der Waals surface area contributed by atoms with Gasteiger partial charge in [0.2, 0.25) is 0 Å². The Morgan fingerprint density at radius 1 is 1.10 bits per heavy atom. The Hall–Kier alpha value is -1.22. The molecule has 1 fully saturated rings. The van der Waals surface area contributed by atoms with E-state index in [2.05, 4.69) is 57.0 Å². The van der Waals surface area contributed by atoms with E-state index in [4.69, 9.17) is 4.74 Å². The van der Waals surface area contributed by atoms with E-state index >= 15 is 0 Å². The summed E-state index contributed by atoms with van der Waals surface area (Å²) in [5.74, 6) is 0. The number of aryl methyl sites for hydroxylation is 2. The number of ether oxygens (including phenoxy) is 1. The Morgan fingerprint density at radius 2 is 1.67 bits per heavy atom. The highest BCUT2D eigenvalue weighted by Crippen LogP contribution is 2.28. The molecule has 3 nitrogen and oxygen atoms in total. The van der Waals surface area contributed by atoms with Crippen molar-refractivity contribution in [3.05, 3.63) is 23.3 Å². The van der Waals surface area contributed by atoms with E-state index in [1.807, 2.05) is 0 Å². The van der Waals surface area contributed by atoms with Gasteiger partial charge in [0.05, 0.1) is 13.2 Å². The summed E-state index contributed by atoms with van der Waals surface area (Å²) >= 11 is 0. The molecule has 0 atom stereocenters. The lowest BCUT2D eigenvalue weighted by Gasteiger charge is -2.30. The normalized spacial score (nSPS) is 16.1. The van der Waals surface area contributed by atoms with Crippen molar-refractivity contribution in [1.82, 2.24) is 0 Å². The van der Waals surface area contributed by atoms with Gasteiger partial charge in [0.1, 0.15) is 0 Å². The number of anilines is 2. The van der Waals surface area contributed by atoms with Gasteiger partial charge in [-0.15, -0.1) is 0 Å². The second-order valence-corrected chi connectivity index (χ2v) is 7.29. The average molecular weight is 290 g/mol. The molecule has 1 aromatic carbocycles. The maximum Gasteiger partial charge on any atom is 0.0642 e. The highest BCUT2D eigenvalue weighted by molar-refractivity contribution is 5.65. The van der Waals surface area contributed by atoms with Gasteiger partial charge in [0, 0.05) is 31.0 Å². The van der Waals surface area contributed by atoms with Crippen LogP contribution >= 0.6 is 0 Å². The van der Waals surface area contributed by atoms with Gasteiger partial charge >= 0.3 is 0 Å². The SMILES string of the molecule is Cc1cc(N2CCOCC2)cc(C)c1NCCC(C)(C)C. The number of benzene rings is 1. The molecule has 3 heteroatoms. The molecule has 0 aromatic heterocycles. The van der Waals surface area contributed by atoms with Crippen LogP contribution in [0.15, 0.2) is 12.1 Å². The Bertz CT molecular complexity index is 448. The van der Waals surface area contributed by atoms with Crippen LogP contribution in [0.25, 0.3) is 0 Å². The summed E-state index contributed by atoms with van der Waals surface area (Å²) in [6.07, 6.45) is 1.18. The van der Waals surface area contributed by atoms with E-state index in [9.17, 15) is 0 Å². The predicted octanol–water partition coefficient (Wildman–Crippen LogP) is 3.99. The molecule has 1 saturated heterocycles. The number of morpholine rings is 1. The van der Waals surface area contributed by atoms with Gasteiger partial charge in [-0.2, -0.15) is 0 Å². The molecule has 1 N–H and O–H groups in total. The van der Waals surface area contributed by atoms with Gasteiger partial charge in [-0.25, -0.2) is 0 Å². The lowest BCUT2D eigenvalue weighted by Crippen LogP contribution is -2.36. The van der Waals surface area contributed by atoms with Crippen molar-refractivity contribution in [1.29, 1.82) is 0 Å². The van der Waals surface area contributed by atoms with Crippen LogP contribution in [0, 0.1) is 19.3 Å². The van der Waals surface area contributed by atoms with Crippen molar-refractivity contribution in [2.75, 3.05) is 43.1 Å². The fourth-order valence-corrected chi connectivity index (χ4v) is 2.79.